The fraction of sp³-hybridized carbons (Fsp3) is 0.447. The second kappa shape index (κ2) is 17.4. The predicted octanol–water partition coefficient (Wildman–Crippen LogP) is 3.46. The first-order valence-corrected chi connectivity index (χ1v) is 17.3. The van der Waals surface area contributed by atoms with Gasteiger partial charge in [0.2, 0.25) is 11.8 Å². The normalized spacial score (nSPS) is 19.1. The van der Waals surface area contributed by atoms with Crippen LogP contribution in [0.1, 0.15) is 41.8 Å². The Balaban J connectivity index is 1.26. The van der Waals surface area contributed by atoms with Crippen LogP contribution < -0.4 is 21.1 Å². The molecule has 3 atom stereocenters. The van der Waals surface area contributed by atoms with E-state index in [4.69, 9.17) is 15.2 Å². The summed E-state index contributed by atoms with van der Waals surface area (Å²) in [5.74, 6) is 0.110. The summed E-state index contributed by atoms with van der Waals surface area (Å²) in [5.41, 5.74) is 9.90. The van der Waals surface area contributed by atoms with Crippen molar-refractivity contribution >= 4 is 34.8 Å². The number of aliphatic hydroxyl groups is 1. The van der Waals surface area contributed by atoms with Gasteiger partial charge in [-0.2, -0.15) is 0 Å². The number of nitrogens with two attached hydrogens (primary N) is 1. The summed E-state index contributed by atoms with van der Waals surface area (Å²) in [7, 11) is 2.01. The van der Waals surface area contributed by atoms with Crippen LogP contribution in [0.25, 0.3) is 0 Å². The number of carbonyl (C=O) groups excluding carboxylic acids is 3. The van der Waals surface area contributed by atoms with Crippen LogP contribution in [0.3, 0.4) is 0 Å². The molecular weight excluding hydrogens is 636 g/mol. The third kappa shape index (κ3) is 10.0. The average molecular weight is 687 g/mol. The van der Waals surface area contributed by atoms with Crippen molar-refractivity contribution in [2.75, 3.05) is 76.0 Å². The number of morpholine rings is 1. The molecule has 5 rings (SSSR count). The Morgan fingerprint density at radius 2 is 1.80 bits per heavy atom. The zero-order valence-corrected chi connectivity index (χ0v) is 29.3. The standard InChI is InChI=1S/C38H50N6O6/c1-26-22-44(27(2)25-45)37(47)21-30-20-31(40-36(46)14-15-43-16-18-49-19-17-43)12-13-34(30)50-35(26)24-42(3)23-28-8-10-29(11-9-28)38(48)41-33-7-5-4-6-32(33)39/h4-13,20,26-27,35,45H,14-19,21-25,39H2,1-3H3,(H,40,46)(H,41,48)/t26-,27+,35-/m0/s1. The molecule has 0 saturated carbocycles. The van der Waals surface area contributed by atoms with E-state index in [2.05, 4.69) is 27.4 Å². The number of fused-ring (bicyclic) bond motifs is 1. The highest BCUT2D eigenvalue weighted by Gasteiger charge is 2.31. The molecule has 1 saturated heterocycles. The van der Waals surface area contributed by atoms with Crippen molar-refractivity contribution in [2.45, 2.75) is 45.4 Å². The Morgan fingerprint density at radius 3 is 2.52 bits per heavy atom. The predicted molar refractivity (Wildman–Crippen MR) is 194 cm³/mol. The molecular formula is C38H50N6O6. The van der Waals surface area contributed by atoms with E-state index >= 15 is 0 Å². The minimum Gasteiger partial charge on any atom is -0.488 e. The molecule has 3 aromatic carbocycles. The number of benzene rings is 3. The summed E-state index contributed by atoms with van der Waals surface area (Å²) in [6.45, 7) is 9.01. The van der Waals surface area contributed by atoms with Gasteiger partial charge in [-0.25, -0.2) is 0 Å². The monoisotopic (exact) mass is 686 g/mol. The van der Waals surface area contributed by atoms with Gasteiger partial charge in [-0.1, -0.05) is 31.2 Å². The van der Waals surface area contributed by atoms with Crippen LogP contribution in [-0.2, 0) is 27.3 Å². The van der Waals surface area contributed by atoms with Gasteiger partial charge >= 0.3 is 0 Å². The molecule has 0 radical (unpaired) electrons. The van der Waals surface area contributed by atoms with E-state index in [1.165, 1.54) is 0 Å². The van der Waals surface area contributed by atoms with E-state index in [0.717, 1.165) is 18.7 Å². The number of nitrogens with zero attached hydrogens (tertiary/aromatic N) is 3. The highest BCUT2D eigenvalue weighted by atomic mass is 16.5. The zero-order valence-electron chi connectivity index (χ0n) is 29.3. The van der Waals surface area contributed by atoms with Crippen LogP contribution in [0, 0.1) is 5.92 Å². The molecule has 1 fully saturated rings. The Hall–Kier alpha value is -4.49. The Morgan fingerprint density at radius 1 is 1.06 bits per heavy atom. The van der Waals surface area contributed by atoms with Gasteiger partial charge in [0.15, 0.2) is 0 Å². The zero-order chi connectivity index (χ0) is 35.6. The third-order valence-corrected chi connectivity index (χ3v) is 9.33. The van der Waals surface area contributed by atoms with Crippen molar-refractivity contribution in [3.8, 4) is 5.75 Å². The van der Waals surface area contributed by atoms with E-state index in [-0.39, 0.29) is 48.8 Å². The van der Waals surface area contributed by atoms with Gasteiger partial charge in [-0.3, -0.25) is 24.2 Å². The van der Waals surface area contributed by atoms with Crippen LogP contribution in [0.4, 0.5) is 17.1 Å². The second-order valence-electron chi connectivity index (χ2n) is 13.4. The highest BCUT2D eigenvalue weighted by Crippen LogP contribution is 2.29. The SMILES string of the molecule is C[C@H](CO)N1C[C@H](C)[C@H](CN(C)Cc2ccc(C(=O)Nc3ccccc3N)cc2)Oc2ccc(NC(=O)CCN3CCOCC3)cc2CC1=O. The number of aliphatic hydroxyl groups excluding tert-OH is 1. The van der Waals surface area contributed by atoms with E-state index in [1.54, 1.807) is 29.2 Å². The van der Waals surface area contributed by atoms with Crippen molar-refractivity contribution in [2.24, 2.45) is 5.92 Å². The molecule has 268 valence electrons. The largest absolute Gasteiger partial charge is 0.488 e. The molecule has 2 aliphatic heterocycles. The molecule has 0 spiro atoms. The van der Waals surface area contributed by atoms with E-state index < -0.39 is 0 Å². The number of nitrogens with one attached hydrogen (secondary N) is 2. The van der Waals surface area contributed by atoms with Gasteiger partial charge < -0.3 is 35.8 Å². The summed E-state index contributed by atoms with van der Waals surface area (Å²) in [4.78, 5) is 45.3. The summed E-state index contributed by atoms with van der Waals surface area (Å²) >= 11 is 0. The lowest BCUT2D eigenvalue weighted by Crippen LogP contribution is -2.47. The second-order valence-corrected chi connectivity index (χ2v) is 13.4. The van der Waals surface area contributed by atoms with Gasteiger partial charge in [0.25, 0.3) is 5.91 Å². The van der Waals surface area contributed by atoms with Crippen LogP contribution >= 0.6 is 0 Å². The van der Waals surface area contributed by atoms with Gasteiger partial charge in [-0.15, -0.1) is 0 Å². The number of ether oxygens (including phenoxy) is 2. The fourth-order valence-electron chi connectivity index (χ4n) is 6.28. The maximum atomic E-state index is 13.6. The number of carbonyl (C=O) groups is 3. The van der Waals surface area contributed by atoms with Crippen molar-refractivity contribution in [3.05, 3.63) is 83.4 Å². The molecule has 0 aromatic heterocycles. The molecule has 12 nitrogen and oxygen atoms in total. The third-order valence-electron chi connectivity index (χ3n) is 9.33. The molecule has 2 heterocycles. The molecule has 3 aromatic rings. The quantitative estimate of drug-likeness (QED) is 0.210. The first-order valence-electron chi connectivity index (χ1n) is 17.3. The van der Waals surface area contributed by atoms with Crippen molar-refractivity contribution in [1.82, 2.24) is 14.7 Å². The number of nitrogen functional groups attached to an aromatic ring is 1. The maximum absolute atomic E-state index is 13.6. The molecule has 0 bridgehead atoms. The van der Waals surface area contributed by atoms with E-state index in [1.807, 2.05) is 56.4 Å². The number of likely N-dealkylation sites (N-methyl/N-ethyl adjacent to an activating group) is 1. The molecule has 12 heteroatoms. The average Bonchev–Trinajstić information content (AvgIpc) is 3.15. The molecule has 50 heavy (non-hydrogen) atoms. The molecule has 2 aliphatic rings. The summed E-state index contributed by atoms with van der Waals surface area (Å²) in [6.07, 6.45) is 0.163. The minimum atomic E-state index is -0.359. The molecule has 3 amide bonds. The summed E-state index contributed by atoms with van der Waals surface area (Å²) in [6, 6.07) is 19.7. The van der Waals surface area contributed by atoms with Gasteiger partial charge in [0.05, 0.1) is 43.7 Å². The van der Waals surface area contributed by atoms with Crippen molar-refractivity contribution in [3.63, 3.8) is 0 Å². The molecule has 0 unspecified atom stereocenters. The summed E-state index contributed by atoms with van der Waals surface area (Å²) < 4.78 is 12.1. The van der Waals surface area contributed by atoms with Gasteiger partial charge in [0, 0.05) is 68.4 Å². The summed E-state index contributed by atoms with van der Waals surface area (Å²) in [5, 5.41) is 15.9. The smallest absolute Gasteiger partial charge is 0.255 e. The molecule has 5 N–H and O–H groups in total. The Labute approximate surface area is 294 Å². The topological polar surface area (TPSA) is 150 Å². The fourth-order valence-corrected chi connectivity index (χ4v) is 6.28. The lowest BCUT2D eigenvalue weighted by molar-refractivity contribution is -0.134. The van der Waals surface area contributed by atoms with Crippen molar-refractivity contribution < 1.29 is 29.0 Å². The molecule has 0 aliphatic carbocycles. The van der Waals surface area contributed by atoms with Crippen LogP contribution in [-0.4, -0.2) is 109 Å². The van der Waals surface area contributed by atoms with E-state index in [0.29, 0.717) is 79.8 Å². The highest BCUT2D eigenvalue weighted by molar-refractivity contribution is 6.05. The number of amides is 3. The maximum Gasteiger partial charge on any atom is 0.255 e. The van der Waals surface area contributed by atoms with Crippen LogP contribution in [0.5, 0.6) is 5.75 Å². The number of rotatable bonds is 12. The minimum absolute atomic E-state index is 0.0580. The van der Waals surface area contributed by atoms with E-state index in [9.17, 15) is 19.5 Å². The first kappa shape index (κ1) is 36.8. The lowest BCUT2D eigenvalue weighted by atomic mass is 10.0. The number of hydrogen-bond donors (Lipinski definition) is 4. The lowest BCUT2D eigenvalue weighted by Gasteiger charge is -2.34. The number of hydrogen-bond acceptors (Lipinski definition) is 9. The Kier molecular flexibility index (Phi) is 12.8. The van der Waals surface area contributed by atoms with Gasteiger partial charge in [0.1, 0.15) is 11.9 Å². The number of anilines is 3. The van der Waals surface area contributed by atoms with Gasteiger partial charge in [-0.05, 0) is 62.0 Å². The Bertz CT molecular complexity index is 1610. The first-order chi connectivity index (χ1) is 24.1. The van der Waals surface area contributed by atoms with Crippen LogP contribution in [0.15, 0.2) is 66.7 Å². The van der Waals surface area contributed by atoms with Crippen molar-refractivity contribution in [1.29, 1.82) is 0 Å². The van der Waals surface area contributed by atoms with Crippen LogP contribution in [0.2, 0.25) is 0 Å². The number of para-hydroxylation sites is 2.